The van der Waals surface area contributed by atoms with Crippen molar-refractivity contribution in [2.45, 2.75) is 24.9 Å². The lowest BCUT2D eigenvalue weighted by molar-refractivity contribution is -0.141. The van der Waals surface area contributed by atoms with E-state index in [9.17, 15) is 18.0 Å². The first-order valence-corrected chi connectivity index (χ1v) is 7.09. The molecular weight excluding hydrogens is 303 g/mol. The van der Waals surface area contributed by atoms with Gasteiger partial charge in [0.05, 0.1) is 0 Å². The fourth-order valence-corrected chi connectivity index (χ4v) is 3.02. The standard InChI is InChI=1S/C14H10F3NO2S/c15-14(16,17)11-10(13(19)20)21-12(18-11)9-5-3-8(4-6-9)7-1-2-7/h3-7H,1-2H2,(H,19,20). The number of carbonyl (C=O) groups is 1. The van der Waals surface area contributed by atoms with Crippen LogP contribution in [0.4, 0.5) is 13.2 Å². The van der Waals surface area contributed by atoms with Gasteiger partial charge in [0.25, 0.3) is 0 Å². The van der Waals surface area contributed by atoms with Gasteiger partial charge < -0.3 is 5.11 Å². The maximum Gasteiger partial charge on any atom is 0.435 e. The number of hydrogen-bond acceptors (Lipinski definition) is 3. The van der Waals surface area contributed by atoms with Crippen LogP contribution in [0.2, 0.25) is 0 Å². The zero-order valence-corrected chi connectivity index (χ0v) is 11.5. The lowest BCUT2D eigenvalue weighted by Gasteiger charge is -2.02. The number of halogens is 3. The van der Waals surface area contributed by atoms with E-state index in [1.807, 2.05) is 12.1 Å². The first-order chi connectivity index (χ1) is 9.86. The normalized spacial score (nSPS) is 15.2. The Hall–Kier alpha value is -1.89. The highest BCUT2D eigenvalue weighted by molar-refractivity contribution is 7.17. The molecule has 0 aliphatic heterocycles. The Bertz CT molecular complexity index is 687. The number of aromatic carboxylic acids is 1. The first-order valence-electron chi connectivity index (χ1n) is 6.28. The molecule has 1 aliphatic rings. The Balaban J connectivity index is 2.00. The van der Waals surface area contributed by atoms with E-state index < -0.39 is 22.7 Å². The summed E-state index contributed by atoms with van der Waals surface area (Å²) >= 11 is 0.547. The molecule has 1 aromatic heterocycles. The number of aromatic nitrogens is 1. The number of alkyl halides is 3. The molecule has 0 amide bonds. The number of hydrogen-bond donors (Lipinski definition) is 1. The molecule has 7 heteroatoms. The first kappa shape index (κ1) is 14.1. The second kappa shape index (κ2) is 4.84. The second-order valence-electron chi connectivity index (χ2n) is 4.90. The number of carboxylic acids is 1. The summed E-state index contributed by atoms with van der Waals surface area (Å²) in [6.07, 6.45) is -2.49. The van der Waals surface area contributed by atoms with E-state index >= 15 is 0 Å². The van der Waals surface area contributed by atoms with Crippen molar-refractivity contribution < 1.29 is 23.1 Å². The molecule has 0 atom stereocenters. The Labute approximate surface area is 122 Å². The van der Waals surface area contributed by atoms with Crippen molar-refractivity contribution in [1.29, 1.82) is 0 Å². The van der Waals surface area contributed by atoms with Gasteiger partial charge in [0.15, 0.2) is 5.69 Å². The molecule has 0 radical (unpaired) electrons. The molecular formula is C14H10F3NO2S. The average Bonchev–Trinajstić information content (AvgIpc) is 3.15. The summed E-state index contributed by atoms with van der Waals surface area (Å²) in [5.41, 5.74) is 0.327. The molecule has 0 saturated heterocycles. The fraction of sp³-hybridized carbons (Fsp3) is 0.286. The molecule has 1 heterocycles. The highest BCUT2D eigenvalue weighted by Gasteiger charge is 2.39. The lowest BCUT2D eigenvalue weighted by atomic mass is 10.1. The lowest BCUT2D eigenvalue weighted by Crippen LogP contribution is -2.11. The zero-order valence-electron chi connectivity index (χ0n) is 10.6. The van der Waals surface area contributed by atoms with Crippen LogP contribution >= 0.6 is 11.3 Å². The summed E-state index contributed by atoms with van der Waals surface area (Å²) in [7, 11) is 0. The number of carboxylic acid groups (broad SMARTS) is 1. The highest BCUT2D eigenvalue weighted by atomic mass is 32.1. The van der Waals surface area contributed by atoms with Crippen molar-refractivity contribution in [3.63, 3.8) is 0 Å². The van der Waals surface area contributed by atoms with Gasteiger partial charge in [0.2, 0.25) is 0 Å². The van der Waals surface area contributed by atoms with Crippen LogP contribution < -0.4 is 0 Å². The van der Waals surface area contributed by atoms with Gasteiger partial charge in [-0.15, -0.1) is 11.3 Å². The number of thiazole rings is 1. The molecule has 1 saturated carbocycles. The van der Waals surface area contributed by atoms with E-state index in [2.05, 4.69) is 4.98 Å². The maximum absolute atomic E-state index is 12.8. The topological polar surface area (TPSA) is 50.2 Å². The Kier molecular flexibility index (Phi) is 3.24. The molecule has 110 valence electrons. The smallest absolute Gasteiger partial charge is 0.435 e. The van der Waals surface area contributed by atoms with Crippen molar-refractivity contribution in [2.75, 3.05) is 0 Å². The Morgan fingerprint density at radius 1 is 1.24 bits per heavy atom. The third kappa shape index (κ3) is 2.78. The molecule has 0 unspecified atom stereocenters. The van der Waals surface area contributed by atoms with Gasteiger partial charge >= 0.3 is 12.1 Å². The molecule has 0 spiro atoms. The van der Waals surface area contributed by atoms with E-state index in [1.165, 1.54) is 0 Å². The summed E-state index contributed by atoms with van der Waals surface area (Å²) in [4.78, 5) is 13.6. The van der Waals surface area contributed by atoms with E-state index in [0.29, 0.717) is 22.8 Å². The minimum absolute atomic E-state index is 0.0714. The van der Waals surface area contributed by atoms with Crippen LogP contribution in [0.15, 0.2) is 24.3 Å². The quantitative estimate of drug-likeness (QED) is 0.913. The molecule has 2 aromatic rings. The van der Waals surface area contributed by atoms with Crippen LogP contribution in [0.5, 0.6) is 0 Å². The van der Waals surface area contributed by atoms with Crippen molar-refractivity contribution >= 4 is 17.3 Å². The van der Waals surface area contributed by atoms with Gasteiger partial charge in [-0.3, -0.25) is 0 Å². The van der Waals surface area contributed by atoms with Crippen molar-refractivity contribution in [1.82, 2.24) is 4.98 Å². The summed E-state index contributed by atoms with van der Waals surface area (Å²) in [6.45, 7) is 0. The summed E-state index contributed by atoms with van der Waals surface area (Å²) in [5.74, 6) is -1.06. The second-order valence-corrected chi connectivity index (χ2v) is 5.90. The number of nitrogens with zero attached hydrogens (tertiary/aromatic N) is 1. The van der Waals surface area contributed by atoms with Crippen LogP contribution in [-0.2, 0) is 6.18 Å². The molecule has 1 aromatic carbocycles. The third-order valence-corrected chi connectivity index (χ3v) is 4.39. The molecule has 1 N–H and O–H groups in total. The van der Waals surface area contributed by atoms with Crippen LogP contribution in [0.1, 0.15) is 39.7 Å². The van der Waals surface area contributed by atoms with Gasteiger partial charge in [-0.2, -0.15) is 13.2 Å². The minimum Gasteiger partial charge on any atom is -0.477 e. The van der Waals surface area contributed by atoms with Gasteiger partial charge in [-0.1, -0.05) is 24.3 Å². The van der Waals surface area contributed by atoms with Gasteiger partial charge in [0, 0.05) is 5.56 Å². The van der Waals surface area contributed by atoms with Gasteiger partial charge in [-0.25, -0.2) is 9.78 Å². The van der Waals surface area contributed by atoms with Crippen LogP contribution in [0, 0.1) is 0 Å². The minimum atomic E-state index is -4.77. The SMILES string of the molecule is O=C(O)c1sc(-c2ccc(C3CC3)cc2)nc1C(F)(F)F. The molecule has 1 fully saturated rings. The molecule has 3 nitrogen and oxygen atoms in total. The van der Waals surface area contributed by atoms with Crippen LogP contribution in [0.3, 0.4) is 0 Å². The largest absolute Gasteiger partial charge is 0.477 e. The average molecular weight is 313 g/mol. The monoisotopic (exact) mass is 313 g/mol. The van der Waals surface area contributed by atoms with Crippen molar-refractivity contribution in [2.24, 2.45) is 0 Å². The van der Waals surface area contributed by atoms with Crippen molar-refractivity contribution in [3.05, 3.63) is 40.4 Å². The van der Waals surface area contributed by atoms with Gasteiger partial charge in [-0.05, 0) is 24.3 Å². The summed E-state index contributed by atoms with van der Waals surface area (Å²) < 4.78 is 38.4. The van der Waals surface area contributed by atoms with Gasteiger partial charge in [0.1, 0.15) is 9.88 Å². The van der Waals surface area contributed by atoms with E-state index in [-0.39, 0.29) is 5.01 Å². The van der Waals surface area contributed by atoms with E-state index in [4.69, 9.17) is 5.11 Å². The molecule has 1 aliphatic carbocycles. The number of rotatable bonds is 3. The predicted octanol–water partition coefficient (Wildman–Crippen LogP) is 4.40. The van der Waals surface area contributed by atoms with Crippen LogP contribution in [-0.4, -0.2) is 16.1 Å². The maximum atomic E-state index is 12.8. The third-order valence-electron chi connectivity index (χ3n) is 3.30. The predicted molar refractivity (Wildman–Crippen MR) is 71.5 cm³/mol. The summed E-state index contributed by atoms with van der Waals surface area (Å²) in [6, 6.07) is 7.11. The molecule has 0 bridgehead atoms. The van der Waals surface area contributed by atoms with E-state index in [0.717, 1.165) is 18.4 Å². The van der Waals surface area contributed by atoms with E-state index in [1.54, 1.807) is 12.1 Å². The number of benzene rings is 1. The zero-order chi connectivity index (χ0) is 15.2. The molecule has 21 heavy (non-hydrogen) atoms. The van der Waals surface area contributed by atoms with Crippen LogP contribution in [0.25, 0.3) is 10.6 Å². The summed E-state index contributed by atoms with van der Waals surface area (Å²) in [5, 5.41) is 8.96. The fourth-order valence-electron chi connectivity index (χ4n) is 2.10. The van der Waals surface area contributed by atoms with Crippen molar-refractivity contribution in [3.8, 4) is 10.6 Å². The highest BCUT2D eigenvalue weighted by Crippen LogP contribution is 2.41. The molecule has 3 rings (SSSR count). The Morgan fingerprint density at radius 2 is 1.86 bits per heavy atom. The Morgan fingerprint density at radius 3 is 2.29 bits per heavy atom.